The number of rotatable bonds is 2. The SMILES string of the molecule is COc1cc([N+](=O)[O-])cc2ccc(=O)[nH]c12. The van der Waals surface area contributed by atoms with Crippen molar-refractivity contribution in [1.29, 1.82) is 0 Å². The molecule has 0 amide bonds. The second-order valence-corrected chi connectivity index (χ2v) is 3.19. The molecule has 0 saturated heterocycles. The lowest BCUT2D eigenvalue weighted by Crippen LogP contribution is -2.04. The number of ether oxygens (including phenoxy) is 1. The Morgan fingerprint density at radius 3 is 2.75 bits per heavy atom. The zero-order valence-electron chi connectivity index (χ0n) is 8.39. The van der Waals surface area contributed by atoms with Gasteiger partial charge in [-0.3, -0.25) is 14.9 Å². The Bertz CT molecular complexity index is 618. The highest BCUT2D eigenvalue weighted by molar-refractivity contribution is 5.86. The van der Waals surface area contributed by atoms with E-state index in [0.717, 1.165) is 0 Å². The summed E-state index contributed by atoms with van der Waals surface area (Å²) in [4.78, 5) is 23.8. The fourth-order valence-electron chi connectivity index (χ4n) is 1.48. The number of fused-ring (bicyclic) bond motifs is 1. The highest BCUT2D eigenvalue weighted by atomic mass is 16.6. The van der Waals surface area contributed by atoms with Gasteiger partial charge < -0.3 is 9.72 Å². The predicted molar refractivity (Wildman–Crippen MR) is 57.8 cm³/mol. The number of aromatic nitrogens is 1. The molecule has 0 aliphatic carbocycles. The van der Waals surface area contributed by atoms with Crippen molar-refractivity contribution in [1.82, 2.24) is 4.98 Å². The lowest BCUT2D eigenvalue weighted by molar-refractivity contribution is -0.384. The number of nitro benzene ring substituents is 1. The minimum absolute atomic E-state index is 0.0728. The summed E-state index contributed by atoms with van der Waals surface area (Å²) in [5.74, 6) is 0.280. The van der Waals surface area contributed by atoms with Gasteiger partial charge in [-0.15, -0.1) is 0 Å². The van der Waals surface area contributed by atoms with E-state index in [2.05, 4.69) is 4.98 Å². The van der Waals surface area contributed by atoms with Crippen LogP contribution in [-0.2, 0) is 0 Å². The van der Waals surface area contributed by atoms with Gasteiger partial charge >= 0.3 is 0 Å². The van der Waals surface area contributed by atoms with Crippen LogP contribution in [0.2, 0.25) is 0 Å². The van der Waals surface area contributed by atoms with Crippen LogP contribution in [0.25, 0.3) is 10.9 Å². The highest BCUT2D eigenvalue weighted by Crippen LogP contribution is 2.28. The third kappa shape index (κ3) is 1.60. The smallest absolute Gasteiger partial charge is 0.273 e. The van der Waals surface area contributed by atoms with E-state index in [-0.39, 0.29) is 17.0 Å². The van der Waals surface area contributed by atoms with Crippen LogP contribution in [0.3, 0.4) is 0 Å². The maximum Gasteiger partial charge on any atom is 0.273 e. The Hall–Kier alpha value is -2.37. The monoisotopic (exact) mass is 220 g/mol. The summed E-state index contributed by atoms with van der Waals surface area (Å²) in [6.45, 7) is 0. The number of pyridine rings is 1. The summed E-state index contributed by atoms with van der Waals surface area (Å²) in [7, 11) is 1.39. The van der Waals surface area contributed by atoms with Gasteiger partial charge in [0, 0.05) is 17.5 Å². The molecule has 0 saturated carbocycles. The Morgan fingerprint density at radius 1 is 1.38 bits per heavy atom. The number of H-pyrrole nitrogens is 1. The number of methoxy groups -OCH3 is 1. The third-order valence-corrected chi connectivity index (χ3v) is 2.21. The molecule has 16 heavy (non-hydrogen) atoms. The Labute approximate surface area is 89.6 Å². The van der Waals surface area contributed by atoms with Crippen molar-refractivity contribution >= 4 is 16.6 Å². The topological polar surface area (TPSA) is 85.2 Å². The van der Waals surface area contributed by atoms with Crippen molar-refractivity contribution in [3.63, 3.8) is 0 Å². The molecule has 0 atom stereocenters. The molecular weight excluding hydrogens is 212 g/mol. The summed E-state index contributed by atoms with van der Waals surface area (Å²) < 4.78 is 5.00. The van der Waals surface area contributed by atoms with Gasteiger partial charge in [0.2, 0.25) is 5.56 Å². The summed E-state index contributed by atoms with van der Waals surface area (Å²) >= 11 is 0. The molecule has 0 spiro atoms. The fraction of sp³-hybridized carbons (Fsp3) is 0.100. The first-order chi connectivity index (χ1) is 7.61. The highest BCUT2D eigenvalue weighted by Gasteiger charge is 2.12. The van der Waals surface area contributed by atoms with Gasteiger partial charge in [0.1, 0.15) is 5.75 Å². The molecule has 1 aromatic heterocycles. The molecule has 6 heteroatoms. The van der Waals surface area contributed by atoms with Crippen molar-refractivity contribution in [2.45, 2.75) is 0 Å². The molecular formula is C10H8N2O4. The second-order valence-electron chi connectivity index (χ2n) is 3.19. The maximum atomic E-state index is 11.1. The molecule has 2 aromatic rings. The number of nitrogens with zero attached hydrogens (tertiary/aromatic N) is 1. The number of aromatic amines is 1. The number of nitro groups is 1. The quantitative estimate of drug-likeness (QED) is 0.613. The van der Waals surface area contributed by atoms with Crippen molar-refractivity contribution in [2.24, 2.45) is 0 Å². The van der Waals surface area contributed by atoms with Gasteiger partial charge in [0.15, 0.2) is 0 Å². The van der Waals surface area contributed by atoms with Crippen molar-refractivity contribution < 1.29 is 9.66 Å². The zero-order valence-corrected chi connectivity index (χ0v) is 8.39. The molecule has 0 bridgehead atoms. The summed E-state index contributed by atoms with van der Waals surface area (Å²) in [6.07, 6.45) is 0. The summed E-state index contributed by atoms with van der Waals surface area (Å²) in [5, 5.41) is 11.2. The van der Waals surface area contributed by atoms with Gasteiger partial charge in [-0.25, -0.2) is 0 Å². The van der Waals surface area contributed by atoms with E-state index < -0.39 is 4.92 Å². The minimum Gasteiger partial charge on any atom is -0.494 e. The van der Waals surface area contributed by atoms with Crippen molar-refractivity contribution in [3.8, 4) is 5.75 Å². The van der Waals surface area contributed by atoms with Gasteiger partial charge in [-0.1, -0.05) is 0 Å². The molecule has 0 radical (unpaired) electrons. The van der Waals surface area contributed by atoms with Crippen LogP contribution in [0, 0.1) is 10.1 Å². The van der Waals surface area contributed by atoms with Crippen molar-refractivity contribution in [3.05, 3.63) is 44.7 Å². The largest absolute Gasteiger partial charge is 0.494 e. The van der Waals surface area contributed by atoms with Gasteiger partial charge in [0.05, 0.1) is 23.6 Å². The number of hydrogen-bond acceptors (Lipinski definition) is 4. The molecule has 6 nitrogen and oxygen atoms in total. The molecule has 1 aromatic carbocycles. The van der Waals surface area contributed by atoms with E-state index in [1.54, 1.807) is 0 Å². The van der Waals surface area contributed by atoms with Crippen LogP contribution in [0.4, 0.5) is 5.69 Å². The molecule has 1 N–H and O–H groups in total. The molecule has 0 aliphatic heterocycles. The first-order valence-electron chi connectivity index (χ1n) is 4.47. The third-order valence-electron chi connectivity index (χ3n) is 2.21. The first kappa shape index (κ1) is 10.2. The van der Waals surface area contributed by atoms with Crippen LogP contribution < -0.4 is 10.3 Å². The molecule has 0 aliphatic rings. The van der Waals surface area contributed by atoms with Crippen molar-refractivity contribution in [2.75, 3.05) is 7.11 Å². The second kappa shape index (κ2) is 3.65. The fourth-order valence-corrected chi connectivity index (χ4v) is 1.48. The molecule has 1 heterocycles. The Morgan fingerprint density at radius 2 is 2.12 bits per heavy atom. The van der Waals surface area contributed by atoms with Crippen LogP contribution in [0.1, 0.15) is 0 Å². The normalized spacial score (nSPS) is 10.3. The number of nitrogens with one attached hydrogen (secondary N) is 1. The van der Waals surface area contributed by atoms with E-state index in [0.29, 0.717) is 10.9 Å². The lowest BCUT2D eigenvalue weighted by atomic mass is 10.2. The number of hydrogen-bond donors (Lipinski definition) is 1. The first-order valence-corrected chi connectivity index (χ1v) is 4.47. The standard InChI is InChI=1S/C10H8N2O4/c1-16-8-5-7(12(14)15)4-6-2-3-9(13)11-10(6)8/h2-5H,1H3,(H,11,13). The van der Waals surface area contributed by atoms with Crippen LogP contribution >= 0.6 is 0 Å². The zero-order chi connectivity index (χ0) is 11.7. The molecule has 2 rings (SSSR count). The van der Waals surface area contributed by atoms with E-state index in [9.17, 15) is 14.9 Å². The Kier molecular flexibility index (Phi) is 2.32. The average molecular weight is 220 g/mol. The summed E-state index contributed by atoms with van der Waals surface area (Å²) in [6, 6.07) is 5.49. The molecule has 0 unspecified atom stereocenters. The van der Waals surface area contributed by atoms with Gasteiger partial charge in [-0.05, 0) is 6.07 Å². The number of non-ortho nitro benzene ring substituents is 1. The van der Waals surface area contributed by atoms with Gasteiger partial charge in [-0.2, -0.15) is 0 Å². The van der Waals surface area contributed by atoms with E-state index >= 15 is 0 Å². The van der Waals surface area contributed by atoms with Crippen LogP contribution in [0.15, 0.2) is 29.1 Å². The van der Waals surface area contributed by atoms with Crippen LogP contribution in [-0.4, -0.2) is 17.0 Å². The van der Waals surface area contributed by atoms with E-state index in [1.807, 2.05) is 0 Å². The predicted octanol–water partition coefficient (Wildman–Crippen LogP) is 1.44. The molecule has 82 valence electrons. The van der Waals surface area contributed by atoms with E-state index in [1.165, 1.54) is 31.4 Å². The summed E-state index contributed by atoms with van der Waals surface area (Å²) in [5.41, 5.74) is 0.108. The minimum atomic E-state index is -0.507. The van der Waals surface area contributed by atoms with Gasteiger partial charge in [0.25, 0.3) is 5.69 Å². The number of benzene rings is 1. The Balaban J connectivity index is 2.83. The molecule has 0 fully saturated rings. The van der Waals surface area contributed by atoms with E-state index in [4.69, 9.17) is 4.74 Å². The maximum absolute atomic E-state index is 11.1. The van der Waals surface area contributed by atoms with Crippen LogP contribution in [0.5, 0.6) is 5.75 Å². The average Bonchev–Trinajstić information content (AvgIpc) is 2.27. The lowest BCUT2D eigenvalue weighted by Gasteiger charge is -2.04.